The molecule has 1 aliphatic rings. The summed E-state index contributed by atoms with van der Waals surface area (Å²) in [4.78, 5) is 28.2. The number of halogens is 1. The van der Waals surface area contributed by atoms with Crippen molar-refractivity contribution in [1.82, 2.24) is 20.2 Å². The Labute approximate surface area is 187 Å². The summed E-state index contributed by atoms with van der Waals surface area (Å²) in [6.45, 7) is 6.75. The zero-order valence-electron chi connectivity index (χ0n) is 16.4. The molecule has 2 aromatic rings. The third-order valence-electron chi connectivity index (χ3n) is 4.51. The summed E-state index contributed by atoms with van der Waals surface area (Å²) in [5.74, 6) is 1.63. The van der Waals surface area contributed by atoms with Gasteiger partial charge in [-0.25, -0.2) is 15.0 Å². The summed E-state index contributed by atoms with van der Waals surface area (Å²) in [6, 6.07) is 8.36. The summed E-state index contributed by atoms with van der Waals surface area (Å²) >= 11 is 0. The van der Waals surface area contributed by atoms with Crippen LogP contribution in [0.15, 0.2) is 47.7 Å². The van der Waals surface area contributed by atoms with Crippen molar-refractivity contribution in [2.75, 3.05) is 37.6 Å². The minimum atomic E-state index is -0.392. The van der Waals surface area contributed by atoms with E-state index in [9.17, 15) is 10.1 Å². The largest absolute Gasteiger partial charge is 0.356 e. The van der Waals surface area contributed by atoms with Crippen molar-refractivity contribution in [3.63, 3.8) is 0 Å². The summed E-state index contributed by atoms with van der Waals surface area (Å²) in [6.07, 6.45) is 4.53. The number of nitrogens with zero attached hydrogens (tertiary/aromatic N) is 6. The van der Waals surface area contributed by atoms with Crippen molar-refractivity contribution in [2.24, 2.45) is 4.99 Å². The molecule has 1 fully saturated rings. The lowest BCUT2D eigenvalue weighted by Gasteiger charge is -2.36. The highest BCUT2D eigenvalue weighted by Crippen LogP contribution is 2.13. The average molecular weight is 511 g/mol. The molecule has 1 aromatic heterocycles. The molecule has 0 unspecified atom stereocenters. The van der Waals surface area contributed by atoms with Crippen LogP contribution < -0.4 is 10.2 Å². The number of benzene rings is 1. The fourth-order valence-electron chi connectivity index (χ4n) is 2.97. The van der Waals surface area contributed by atoms with Crippen LogP contribution in [0.1, 0.15) is 18.9 Å². The Hall–Kier alpha value is -2.50. The van der Waals surface area contributed by atoms with Crippen molar-refractivity contribution < 1.29 is 4.92 Å². The summed E-state index contributed by atoms with van der Waals surface area (Å²) in [7, 11) is 0. The van der Waals surface area contributed by atoms with Crippen LogP contribution in [-0.2, 0) is 6.54 Å². The van der Waals surface area contributed by atoms with Crippen LogP contribution in [0.4, 0.5) is 11.6 Å². The zero-order valence-corrected chi connectivity index (χ0v) is 18.7. The van der Waals surface area contributed by atoms with Crippen molar-refractivity contribution in [3.05, 3.63) is 58.4 Å². The highest BCUT2D eigenvalue weighted by atomic mass is 127. The van der Waals surface area contributed by atoms with Gasteiger partial charge in [-0.15, -0.1) is 24.0 Å². The van der Waals surface area contributed by atoms with E-state index in [-0.39, 0.29) is 29.7 Å². The van der Waals surface area contributed by atoms with Crippen molar-refractivity contribution in [3.8, 4) is 0 Å². The molecule has 0 atom stereocenters. The summed E-state index contributed by atoms with van der Waals surface area (Å²) < 4.78 is 0. The molecule has 1 aliphatic heterocycles. The SMILES string of the molecule is CCCNC(=NCc1ccc([N+](=O)[O-])cc1)N1CCN(c2ncccn2)CC1.I. The Kier molecular flexibility index (Phi) is 9.03. The van der Waals surface area contributed by atoms with Gasteiger partial charge in [0.15, 0.2) is 5.96 Å². The second-order valence-electron chi connectivity index (χ2n) is 6.51. The lowest BCUT2D eigenvalue weighted by Crippen LogP contribution is -2.53. The van der Waals surface area contributed by atoms with Crippen LogP contribution in [0.25, 0.3) is 0 Å². The Bertz CT molecular complexity index is 794. The first-order valence-corrected chi connectivity index (χ1v) is 9.46. The van der Waals surface area contributed by atoms with E-state index in [2.05, 4.69) is 32.0 Å². The van der Waals surface area contributed by atoms with Crippen molar-refractivity contribution in [1.29, 1.82) is 0 Å². The molecule has 0 spiro atoms. The number of nitrogens with one attached hydrogen (secondary N) is 1. The molecular weight excluding hydrogens is 485 g/mol. The van der Waals surface area contributed by atoms with Crippen LogP contribution in [0, 0.1) is 10.1 Å². The van der Waals surface area contributed by atoms with Gasteiger partial charge < -0.3 is 15.1 Å². The third kappa shape index (κ3) is 6.51. The van der Waals surface area contributed by atoms with E-state index < -0.39 is 4.92 Å². The minimum absolute atomic E-state index is 0. The zero-order chi connectivity index (χ0) is 19.8. The van der Waals surface area contributed by atoms with E-state index in [1.165, 1.54) is 12.1 Å². The average Bonchev–Trinajstić information content (AvgIpc) is 2.75. The molecule has 3 rings (SSSR count). The highest BCUT2D eigenvalue weighted by Gasteiger charge is 2.21. The number of nitro groups is 1. The van der Waals surface area contributed by atoms with E-state index in [4.69, 9.17) is 4.99 Å². The molecule has 1 saturated heterocycles. The van der Waals surface area contributed by atoms with Crippen LogP contribution in [-0.4, -0.2) is 58.5 Å². The number of hydrogen-bond acceptors (Lipinski definition) is 6. The van der Waals surface area contributed by atoms with Crippen LogP contribution >= 0.6 is 24.0 Å². The molecule has 9 nitrogen and oxygen atoms in total. The normalized spacial score (nSPS) is 14.3. The van der Waals surface area contributed by atoms with Gasteiger partial charge in [-0.2, -0.15) is 0 Å². The van der Waals surface area contributed by atoms with Gasteiger partial charge in [-0.1, -0.05) is 19.1 Å². The highest BCUT2D eigenvalue weighted by molar-refractivity contribution is 14.0. The number of piperazine rings is 1. The lowest BCUT2D eigenvalue weighted by atomic mass is 10.2. The topological polar surface area (TPSA) is 99.8 Å². The van der Waals surface area contributed by atoms with E-state index in [0.29, 0.717) is 6.54 Å². The molecule has 0 radical (unpaired) electrons. The quantitative estimate of drug-likeness (QED) is 0.209. The van der Waals surface area contributed by atoms with Gasteiger partial charge in [0.2, 0.25) is 5.95 Å². The molecule has 0 bridgehead atoms. The van der Waals surface area contributed by atoms with Gasteiger partial charge in [0.25, 0.3) is 5.69 Å². The predicted molar refractivity (Wildman–Crippen MR) is 124 cm³/mol. The Balaban J connectivity index is 0.00000300. The fourth-order valence-corrected chi connectivity index (χ4v) is 2.97. The number of nitro benzene ring substituents is 1. The number of guanidine groups is 1. The number of aliphatic imine (C=N–C) groups is 1. The summed E-state index contributed by atoms with van der Waals surface area (Å²) in [5.41, 5.74) is 1.04. The molecule has 0 amide bonds. The predicted octanol–water partition coefficient (Wildman–Crippen LogP) is 2.68. The minimum Gasteiger partial charge on any atom is -0.356 e. The first-order valence-electron chi connectivity index (χ1n) is 9.46. The molecule has 29 heavy (non-hydrogen) atoms. The molecule has 156 valence electrons. The van der Waals surface area contributed by atoms with Crippen LogP contribution in [0.2, 0.25) is 0 Å². The molecule has 1 aromatic carbocycles. The van der Waals surface area contributed by atoms with E-state index in [1.54, 1.807) is 24.5 Å². The van der Waals surface area contributed by atoms with E-state index >= 15 is 0 Å². The Morgan fingerprint density at radius 2 is 1.83 bits per heavy atom. The molecule has 2 heterocycles. The van der Waals surface area contributed by atoms with Gasteiger partial charge in [0.1, 0.15) is 0 Å². The maximum Gasteiger partial charge on any atom is 0.269 e. The van der Waals surface area contributed by atoms with Gasteiger partial charge in [-0.05, 0) is 18.1 Å². The second-order valence-corrected chi connectivity index (χ2v) is 6.51. The van der Waals surface area contributed by atoms with E-state index in [0.717, 1.165) is 56.6 Å². The maximum atomic E-state index is 10.8. The molecule has 0 saturated carbocycles. The standard InChI is InChI=1S/C19H25N7O2.HI/c1-2-8-20-19(23-15-16-4-6-17(7-5-16)26(27)28)25-13-11-24(12-14-25)18-21-9-3-10-22-18;/h3-7,9-10H,2,8,11-15H2,1H3,(H,20,23);1H. The monoisotopic (exact) mass is 511 g/mol. The van der Waals surface area contributed by atoms with Crippen LogP contribution in [0.5, 0.6) is 0 Å². The number of hydrogen-bond donors (Lipinski definition) is 1. The van der Waals surface area contributed by atoms with Gasteiger partial charge in [0.05, 0.1) is 11.5 Å². The van der Waals surface area contributed by atoms with E-state index in [1.807, 2.05) is 6.07 Å². The maximum absolute atomic E-state index is 10.8. The first kappa shape index (κ1) is 22.8. The smallest absolute Gasteiger partial charge is 0.269 e. The molecule has 10 heteroatoms. The number of rotatable bonds is 6. The van der Waals surface area contributed by atoms with Crippen LogP contribution in [0.3, 0.4) is 0 Å². The Morgan fingerprint density at radius 1 is 1.17 bits per heavy atom. The van der Waals surface area contributed by atoms with Crippen molar-refractivity contribution >= 4 is 41.6 Å². The Morgan fingerprint density at radius 3 is 2.41 bits per heavy atom. The van der Waals surface area contributed by atoms with Gasteiger partial charge in [0, 0.05) is 57.3 Å². The summed E-state index contributed by atoms with van der Waals surface area (Å²) in [5, 5.41) is 14.2. The molecule has 0 aliphatic carbocycles. The van der Waals surface area contributed by atoms with Gasteiger partial charge in [-0.3, -0.25) is 10.1 Å². The number of aromatic nitrogens is 2. The van der Waals surface area contributed by atoms with Gasteiger partial charge >= 0.3 is 0 Å². The third-order valence-corrected chi connectivity index (χ3v) is 4.51. The fraction of sp³-hybridized carbons (Fsp3) is 0.421. The number of anilines is 1. The molecular formula is C19H26IN7O2. The first-order chi connectivity index (χ1) is 13.7. The lowest BCUT2D eigenvalue weighted by molar-refractivity contribution is -0.384. The molecule has 1 N–H and O–H groups in total. The number of non-ortho nitro benzene ring substituents is 1. The van der Waals surface area contributed by atoms with Crippen molar-refractivity contribution in [2.45, 2.75) is 19.9 Å². The second kappa shape index (κ2) is 11.5.